The normalized spacial score (nSPS) is 12.7. The Kier molecular flexibility index (Phi) is 7.11. The van der Waals surface area contributed by atoms with E-state index in [0.717, 1.165) is 24.8 Å². The molecule has 0 aromatic carbocycles. The maximum absolute atomic E-state index is 12.6. The number of thiazole rings is 1. The number of rotatable bonds is 7. The van der Waals surface area contributed by atoms with Crippen molar-refractivity contribution in [3.63, 3.8) is 0 Å². The van der Waals surface area contributed by atoms with Crippen LogP contribution in [-0.2, 0) is 6.18 Å². The van der Waals surface area contributed by atoms with Gasteiger partial charge in [-0.15, -0.1) is 11.3 Å². The van der Waals surface area contributed by atoms with Crippen LogP contribution in [0.1, 0.15) is 64.8 Å². The Balaban J connectivity index is 2.13. The number of carbonyl (C=O) groups is 2. The van der Waals surface area contributed by atoms with E-state index < -0.39 is 23.8 Å². The maximum atomic E-state index is 12.6. The largest absolute Gasteiger partial charge is 0.433 e. The van der Waals surface area contributed by atoms with Gasteiger partial charge in [-0.2, -0.15) is 13.2 Å². The smallest absolute Gasteiger partial charge is 0.351 e. The number of hydrogen-bond acceptors (Lipinski definition) is 5. The van der Waals surface area contributed by atoms with Crippen LogP contribution in [0.3, 0.4) is 0 Å². The van der Waals surface area contributed by atoms with Crippen molar-refractivity contribution in [2.75, 3.05) is 6.54 Å². The Morgan fingerprint density at radius 2 is 1.93 bits per heavy atom. The molecule has 2 rings (SSSR count). The van der Waals surface area contributed by atoms with Gasteiger partial charge in [0.25, 0.3) is 11.8 Å². The van der Waals surface area contributed by atoms with Gasteiger partial charge in [0, 0.05) is 18.1 Å². The highest BCUT2D eigenvalue weighted by molar-refractivity contribution is 7.09. The van der Waals surface area contributed by atoms with Gasteiger partial charge in [0.1, 0.15) is 16.4 Å². The second kappa shape index (κ2) is 9.13. The van der Waals surface area contributed by atoms with E-state index in [1.807, 2.05) is 20.8 Å². The lowest BCUT2D eigenvalue weighted by atomic mass is 10.0. The Hall–Kier alpha value is -2.49. The molecule has 0 aliphatic heterocycles. The van der Waals surface area contributed by atoms with Gasteiger partial charge in [-0.3, -0.25) is 14.6 Å². The molecule has 0 aliphatic carbocycles. The number of carbonyl (C=O) groups excluding carboxylic acids is 2. The minimum Gasteiger partial charge on any atom is -0.351 e. The fourth-order valence-electron chi connectivity index (χ4n) is 2.30. The molecule has 1 atom stereocenters. The highest BCUT2D eigenvalue weighted by atomic mass is 32.1. The van der Waals surface area contributed by atoms with Gasteiger partial charge in [0.15, 0.2) is 0 Å². The van der Waals surface area contributed by atoms with E-state index in [0.29, 0.717) is 11.6 Å². The van der Waals surface area contributed by atoms with Crippen molar-refractivity contribution in [3.8, 4) is 0 Å². The zero-order chi connectivity index (χ0) is 20.9. The van der Waals surface area contributed by atoms with E-state index >= 15 is 0 Å². The molecule has 10 heteroatoms. The molecule has 0 radical (unpaired) electrons. The van der Waals surface area contributed by atoms with Crippen LogP contribution in [0.25, 0.3) is 0 Å². The van der Waals surface area contributed by atoms with Crippen LogP contribution in [0.4, 0.5) is 13.2 Å². The number of alkyl halides is 3. The molecule has 28 heavy (non-hydrogen) atoms. The lowest BCUT2D eigenvalue weighted by Gasteiger charge is -2.20. The van der Waals surface area contributed by atoms with E-state index in [-0.39, 0.29) is 23.1 Å². The summed E-state index contributed by atoms with van der Waals surface area (Å²) in [5.41, 5.74) is -0.784. The third kappa shape index (κ3) is 5.51. The summed E-state index contributed by atoms with van der Waals surface area (Å²) >= 11 is 1.24. The minimum absolute atomic E-state index is 0.0103. The zero-order valence-electron chi connectivity index (χ0n) is 15.6. The zero-order valence-corrected chi connectivity index (χ0v) is 16.4. The Bertz CT molecular complexity index is 819. The number of nitrogens with zero attached hydrogens (tertiary/aromatic N) is 2. The molecule has 0 saturated carbocycles. The molecule has 6 nitrogen and oxygen atoms in total. The van der Waals surface area contributed by atoms with Crippen LogP contribution in [0.5, 0.6) is 0 Å². The van der Waals surface area contributed by atoms with Crippen LogP contribution >= 0.6 is 11.3 Å². The maximum Gasteiger partial charge on any atom is 0.433 e. The van der Waals surface area contributed by atoms with Crippen LogP contribution < -0.4 is 10.6 Å². The number of halogens is 3. The number of pyridine rings is 1. The molecule has 0 aliphatic rings. The lowest BCUT2D eigenvalue weighted by Crippen LogP contribution is -2.32. The van der Waals surface area contributed by atoms with E-state index in [1.165, 1.54) is 11.3 Å². The fourth-order valence-corrected chi connectivity index (χ4v) is 3.32. The molecular formula is C18H21F3N4O2S. The van der Waals surface area contributed by atoms with Crippen molar-refractivity contribution >= 4 is 23.2 Å². The van der Waals surface area contributed by atoms with Crippen molar-refractivity contribution in [2.45, 2.75) is 39.4 Å². The van der Waals surface area contributed by atoms with E-state index in [1.54, 1.807) is 5.38 Å². The Morgan fingerprint density at radius 1 is 1.21 bits per heavy atom. The second-order valence-corrected chi connectivity index (χ2v) is 7.34. The van der Waals surface area contributed by atoms with Crippen LogP contribution in [0.2, 0.25) is 0 Å². The monoisotopic (exact) mass is 414 g/mol. The predicted molar refractivity (Wildman–Crippen MR) is 99.0 cm³/mol. The molecule has 0 saturated heterocycles. The van der Waals surface area contributed by atoms with Gasteiger partial charge in [0.2, 0.25) is 0 Å². The predicted octanol–water partition coefficient (Wildman–Crippen LogP) is 3.82. The van der Waals surface area contributed by atoms with Crippen molar-refractivity contribution in [1.29, 1.82) is 0 Å². The molecule has 2 aromatic heterocycles. The number of aromatic nitrogens is 2. The molecule has 2 aromatic rings. The van der Waals surface area contributed by atoms with Gasteiger partial charge in [-0.1, -0.05) is 20.8 Å². The Morgan fingerprint density at radius 3 is 2.46 bits per heavy atom. The first-order valence-corrected chi connectivity index (χ1v) is 9.59. The minimum atomic E-state index is -4.56. The molecule has 0 fully saturated rings. The average molecular weight is 414 g/mol. The summed E-state index contributed by atoms with van der Waals surface area (Å²) in [5.74, 6) is -0.902. The Labute approximate surface area is 164 Å². The van der Waals surface area contributed by atoms with Crippen LogP contribution in [0.15, 0.2) is 23.7 Å². The van der Waals surface area contributed by atoms with E-state index in [2.05, 4.69) is 20.6 Å². The van der Waals surface area contributed by atoms with Crippen molar-refractivity contribution in [3.05, 3.63) is 45.7 Å². The average Bonchev–Trinajstić information content (AvgIpc) is 3.12. The van der Waals surface area contributed by atoms with Crippen LogP contribution in [-0.4, -0.2) is 28.3 Å². The SMILES string of the molecule is CCCNC(=O)c1csc([C@@H](NC(=O)c2ccc(C(F)(F)F)nc2)C(C)C)n1. The molecule has 0 spiro atoms. The topological polar surface area (TPSA) is 84.0 Å². The van der Waals surface area contributed by atoms with Crippen LogP contribution in [0, 0.1) is 5.92 Å². The van der Waals surface area contributed by atoms with Gasteiger partial charge < -0.3 is 10.6 Å². The van der Waals surface area contributed by atoms with E-state index in [9.17, 15) is 22.8 Å². The fraction of sp³-hybridized carbons (Fsp3) is 0.444. The standard InChI is InChI=1S/C18H21F3N4O2S/c1-4-7-22-16(27)12-9-28-17(24-12)14(10(2)3)25-15(26)11-5-6-13(23-8-11)18(19,20)21/h5-6,8-10,14H,4,7H2,1-3H3,(H,22,27)(H,25,26)/t14-/m0/s1. The number of amides is 2. The summed E-state index contributed by atoms with van der Waals surface area (Å²) in [6.45, 7) is 6.21. The van der Waals surface area contributed by atoms with Gasteiger partial charge in [-0.05, 0) is 24.5 Å². The number of nitrogens with one attached hydrogen (secondary N) is 2. The molecule has 0 bridgehead atoms. The highest BCUT2D eigenvalue weighted by Gasteiger charge is 2.32. The first-order chi connectivity index (χ1) is 13.1. The molecule has 0 unspecified atom stereocenters. The third-order valence-corrected chi connectivity index (χ3v) is 4.75. The summed E-state index contributed by atoms with van der Waals surface area (Å²) < 4.78 is 37.8. The lowest BCUT2D eigenvalue weighted by molar-refractivity contribution is -0.141. The molecule has 2 heterocycles. The molecule has 2 amide bonds. The van der Waals surface area contributed by atoms with Gasteiger partial charge >= 0.3 is 6.18 Å². The van der Waals surface area contributed by atoms with Crippen molar-refractivity contribution in [1.82, 2.24) is 20.6 Å². The molecule has 2 N–H and O–H groups in total. The molecular weight excluding hydrogens is 393 g/mol. The van der Waals surface area contributed by atoms with Crippen molar-refractivity contribution < 1.29 is 22.8 Å². The van der Waals surface area contributed by atoms with E-state index in [4.69, 9.17) is 0 Å². The third-order valence-electron chi connectivity index (χ3n) is 3.83. The van der Waals surface area contributed by atoms with Crippen molar-refractivity contribution in [2.24, 2.45) is 5.92 Å². The summed E-state index contributed by atoms with van der Waals surface area (Å²) in [5, 5.41) is 7.65. The quantitative estimate of drug-likeness (QED) is 0.721. The first-order valence-electron chi connectivity index (χ1n) is 8.71. The van der Waals surface area contributed by atoms with Gasteiger partial charge in [0.05, 0.1) is 11.6 Å². The second-order valence-electron chi connectivity index (χ2n) is 6.45. The highest BCUT2D eigenvalue weighted by Crippen LogP contribution is 2.28. The number of hydrogen-bond donors (Lipinski definition) is 2. The van der Waals surface area contributed by atoms with Gasteiger partial charge in [-0.25, -0.2) is 4.98 Å². The molecule has 152 valence electrons. The summed E-state index contributed by atoms with van der Waals surface area (Å²) in [6.07, 6.45) is -2.87. The summed E-state index contributed by atoms with van der Waals surface area (Å²) in [7, 11) is 0. The summed E-state index contributed by atoms with van der Waals surface area (Å²) in [6, 6.07) is 1.35. The summed E-state index contributed by atoms with van der Waals surface area (Å²) in [4.78, 5) is 32.1. The first kappa shape index (κ1) is 21.8.